The molecule has 1 atom stereocenters. The van der Waals surface area contributed by atoms with E-state index in [0.717, 1.165) is 21.5 Å². The van der Waals surface area contributed by atoms with Crippen LogP contribution >= 0.6 is 22.9 Å². The first-order valence-corrected chi connectivity index (χ1v) is 10.6. The summed E-state index contributed by atoms with van der Waals surface area (Å²) in [7, 11) is 0. The zero-order valence-corrected chi connectivity index (χ0v) is 17.6. The van der Waals surface area contributed by atoms with Crippen LogP contribution in [0, 0.1) is 6.92 Å². The van der Waals surface area contributed by atoms with Crippen LogP contribution < -0.4 is 4.68 Å². The monoisotopic (exact) mass is 412 g/mol. The Labute approximate surface area is 174 Å². The summed E-state index contributed by atoms with van der Waals surface area (Å²) in [6.45, 7) is 9.98. The maximum Gasteiger partial charge on any atom is 0.246 e. The third-order valence-corrected chi connectivity index (χ3v) is 6.64. The minimum absolute atomic E-state index is 0.0423. The number of rotatable bonds is 4. The van der Waals surface area contributed by atoms with Gasteiger partial charge in [0.2, 0.25) is 12.1 Å². The van der Waals surface area contributed by atoms with Crippen molar-refractivity contribution in [2.24, 2.45) is 0 Å². The number of benzene rings is 1. The van der Waals surface area contributed by atoms with E-state index in [0.29, 0.717) is 13.1 Å². The fourth-order valence-corrected chi connectivity index (χ4v) is 5.35. The van der Waals surface area contributed by atoms with Crippen molar-refractivity contribution in [3.8, 4) is 11.1 Å². The van der Waals surface area contributed by atoms with Crippen molar-refractivity contribution in [2.75, 3.05) is 6.54 Å². The van der Waals surface area contributed by atoms with Gasteiger partial charge in [-0.1, -0.05) is 42.4 Å². The quantitative estimate of drug-likeness (QED) is 0.490. The fourth-order valence-electron chi connectivity index (χ4n) is 4.00. The summed E-state index contributed by atoms with van der Waals surface area (Å²) in [6.07, 6.45) is 3.55. The molecule has 3 heterocycles. The molecule has 1 unspecified atom stereocenters. The van der Waals surface area contributed by atoms with E-state index in [1.54, 1.807) is 11.3 Å². The maximum atomic E-state index is 12.4. The van der Waals surface area contributed by atoms with Gasteiger partial charge in [0, 0.05) is 17.3 Å². The highest BCUT2D eigenvalue weighted by molar-refractivity contribution is 7.16. The molecule has 0 aliphatic carbocycles. The number of hydrogen-bond acceptors (Lipinski definition) is 2. The molecular weight excluding hydrogens is 390 g/mol. The Morgan fingerprint density at radius 1 is 1.39 bits per heavy atom. The number of aromatic nitrogens is 2. The zero-order chi connectivity index (χ0) is 19.8. The number of carbonyl (C=O) groups excluding carboxylic acids is 1. The number of halogens is 1. The van der Waals surface area contributed by atoms with E-state index in [9.17, 15) is 4.79 Å². The molecule has 1 aromatic carbocycles. The topological polar surface area (TPSA) is 40.0 Å². The number of amides is 1. The molecular formula is C22H23ClN3OS+. The Morgan fingerprint density at radius 3 is 2.89 bits per heavy atom. The van der Waals surface area contributed by atoms with Crippen LogP contribution in [0.4, 0.5) is 0 Å². The van der Waals surface area contributed by atoms with E-state index >= 15 is 0 Å². The molecule has 0 spiro atoms. The van der Waals surface area contributed by atoms with Gasteiger partial charge in [0.25, 0.3) is 0 Å². The standard InChI is InChI=1S/C22H22ClN3OS/c1-4-22(27)25-11-19(17-10-21(23)28-20(17)13-25)16-9-7-6-8-15(16)18-12-26(5-2)24-14(18)3/h4,6-10,12,19H,1,5,11,13H2,2-3H3/p+1. The van der Waals surface area contributed by atoms with Gasteiger partial charge >= 0.3 is 0 Å². The van der Waals surface area contributed by atoms with Gasteiger partial charge in [-0.15, -0.1) is 16.0 Å². The van der Waals surface area contributed by atoms with Crippen molar-refractivity contribution < 1.29 is 9.48 Å². The molecule has 0 fully saturated rings. The zero-order valence-electron chi connectivity index (χ0n) is 16.0. The molecule has 1 aliphatic rings. The minimum atomic E-state index is -0.0423. The van der Waals surface area contributed by atoms with Crippen LogP contribution in [0.3, 0.4) is 0 Å². The number of nitrogens with zero attached hydrogens (tertiary/aromatic N) is 2. The highest BCUT2D eigenvalue weighted by Crippen LogP contribution is 2.43. The number of thiophene rings is 1. The van der Waals surface area contributed by atoms with Gasteiger partial charge in [-0.3, -0.25) is 4.79 Å². The van der Waals surface area contributed by atoms with Crippen molar-refractivity contribution in [1.82, 2.24) is 10.00 Å². The summed E-state index contributed by atoms with van der Waals surface area (Å²) < 4.78 is 2.85. The van der Waals surface area contributed by atoms with Crippen molar-refractivity contribution in [3.05, 3.63) is 75.2 Å². The second-order valence-corrected chi connectivity index (χ2v) is 8.83. The van der Waals surface area contributed by atoms with E-state index in [1.807, 2.05) is 4.90 Å². The van der Waals surface area contributed by atoms with Crippen molar-refractivity contribution in [3.63, 3.8) is 0 Å². The summed E-state index contributed by atoms with van der Waals surface area (Å²) in [5.41, 5.74) is 5.95. The van der Waals surface area contributed by atoms with Crippen LogP contribution in [-0.2, 0) is 17.9 Å². The molecule has 0 saturated heterocycles. The van der Waals surface area contributed by atoms with E-state index in [1.165, 1.54) is 28.3 Å². The lowest BCUT2D eigenvalue weighted by Gasteiger charge is -2.33. The first-order valence-electron chi connectivity index (χ1n) is 9.39. The SMILES string of the molecule is C=CC(=O)N1Cc2sc(Cl)cc2C(c2ccccc2-c2c[n+](CC)[nH]c2C)C1. The molecule has 1 aliphatic heterocycles. The largest absolute Gasteiger partial charge is 0.333 e. The normalized spacial score (nSPS) is 16.1. The fraction of sp³-hybridized carbons (Fsp3) is 0.273. The van der Waals surface area contributed by atoms with Gasteiger partial charge in [-0.2, -0.15) is 5.10 Å². The van der Waals surface area contributed by atoms with E-state index in [2.05, 4.69) is 66.7 Å². The number of nitrogens with one attached hydrogen (secondary N) is 1. The van der Waals surface area contributed by atoms with Crippen LogP contribution in [-0.4, -0.2) is 22.5 Å². The average molecular weight is 413 g/mol. The summed E-state index contributed by atoms with van der Waals surface area (Å²) in [5.74, 6) is 0.0382. The van der Waals surface area contributed by atoms with E-state index in [4.69, 9.17) is 11.6 Å². The van der Waals surface area contributed by atoms with Crippen LogP contribution in [0.2, 0.25) is 4.34 Å². The molecule has 0 radical (unpaired) electrons. The first kappa shape index (κ1) is 19.0. The third-order valence-electron chi connectivity index (χ3n) is 5.38. The summed E-state index contributed by atoms with van der Waals surface area (Å²) in [6, 6.07) is 10.5. The van der Waals surface area contributed by atoms with Crippen molar-refractivity contribution in [1.29, 1.82) is 0 Å². The van der Waals surface area contributed by atoms with Crippen LogP contribution in [0.5, 0.6) is 0 Å². The highest BCUT2D eigenvalue weighted by atomic mass is 35.5. The molecule has 0 saturated carbocycles. The number of aryl methyl sites for hydroxylation is 2. The second kappa shape index (κ2) is 7.57. The lowest BCUT2D eigenvalue weighted by molar-refractivity contribution is -0.747. The van der Waals surface area contributed by atoms with Gasteiger partial charge in [0.15, 0.2) is 6.54 Å². The third kappa shape index (κ3) is 3.29. The molecule has 2 aromatic heterocycles. The predicted molar refractivity (Wildman–Crippen MR) is 114 cm³/mol. The Morgan fingerprint density at radius 2 is 2.18 bits per heavy atom. The molecule has 1 amide bonds. The molecule has 6 heteroatoms. The lowest BCUT2D eigenvalue weighted by Crippen LogP contribution is -2.37. The summed E-state index contributed by atoms with van der Waals surface area (Å²) in [5, 5.41) is 3.40. The first-order chi connectivity index (χ1) is 13.5. The molecule has 28 heavy (non-hydrogen) atoms. The van der Waals surface area contributed by atoms with Gasteiger partial charge in [0.1, 0.15) is 0 Å². The van der Waals surface area contributed by atoms with Crippen LogP contribution in [0.25, 0.3) is 11.1 Å². The molecule has 3 aromatic rings. The number of hydrogen-bond donors (Lipinski definition) is 1. The van der Waals surface area contributed by atoms with Crippen molar-refractivity contribution >= 4 is 28.8 Å². The van der Waals surface area contributed by atoms with E-state index in [-0.39, 0.29) is 11.8 Å². The molecule has 0 bridgehead atoms. The number of fused-ring (bicyclic) bond motifs is 1. The average Bonchev–Trinajstić information content (AvgIpc) is 3.27. The van der Waals surface area contributed by atoms with Gasteiger partial charge in [0.05, 0.1) is 22.1 Å². The second-order valence-electron chi connectivity index (χ2n) is 7.06. The van der Waals surface area contributed by atoms with Gasteiger partial charge in [-0.05, 0) is 42.7 Å². The molecule has 1 N–H and O–H groups in total. The van der Waals surface area contributed by atoms with Crippen molar-refractivity contribution in [2.45, 2.75) is 32.9 Å². The summed E-state index contributed by atoms with van der Waals surface area (Å²) in [4.78, 5) is 15.4. The summed E-state index contributed by atoms with van der Waals surface area (Å²) >= 11 is 7.92. The Bertz CT molecular complexity index is 1050. The van der Waals surface area contributed by atoms with Gasteiger partial charge < -0.3 is 4.90 Å². The van der Waals surface area contributed by atoms with E-state index < -0.39 is 0 Å². The van der Waals surface area contributed by atoms with Crippen LogP contribution in [0.15, 0.2) is 49.2 Å². The van der Waals surface area contributed by atoms with Gasteiger partial charge in [-0.25, -0.2) is 0 Å². The lowest BCUT2D eigenvalue weighted by atomic mass is 9.84. The Kier molecular flexibility index (Phi) is 5.13. The highest BCUT2D eigenvalue weighted by Gasteiger charge is 2.32. The minimum Gasteiger partial charge on any atom is -0.333 e. The molecule has 4 nitrogen and oxygen atoms in total. The molecule has 4 rings (SSSR count). The Hall–Kier alpha value is -2.37. The Balaban J connectivity index is 1.85. The smallest absolute Gasteiger partial charge is 0.246 e. The number of carbonyl (C=O) groups is 1. The number of H-pyrrole nitrogens is 1. The predicted octanol–water partition coefficient (Wildman–Crippen LogP) is 4.67. The number of aromatic amines is 1. The maximum absolute atomic E-state index is 12.4. The van der Waals surface area contributed by atoms with Crippen LogP contribution in [0.1, 0.15) is 34.5 Å². The molecule has 144 valence electrons.